The van der Waals surface area contributed by atoms with E-state index >= 15 is 0 Å². The number of halogens is 4. The molecule has 1 aromatic carbocycles. The molecule has 2 N–H and O–H groups in total. The lowest BCUT2D eigenvalue weighted by Crippen LogP contribution is -2.41. The summed E-state index contributed by atoms with van der Waals surface area (Å²) >= 11 is 0. The van der Waals surface area contributed by atoms with Crippen molar-refractivity contribution >= 4 is 17.8 Å². The second-order valence-corrected chi connectivity index (χ2v) is 7.72. The second-order valence-electron chi connectivity index (χ2n) is 7.72. The Kier molecular flexibility index (Phi) is 5.79. The molecule has 1 aliphatic rings. The molecule has 3 aromatic rings. The smallest absolute Gasteiger partial charge is 0.406 e. The molecule has 0 radical (unpaired) electrons. The number of nitrogens with two attached hydrogens (primary N) is 1. The van der Waals surface area contributed by atoms with Gasteiger partial charge in [0, 0.05) is 42.3 Å². The molecule has 2 aromatic heterocycles. The number of likely N-dealkylation sites (N-methyl/N-ethyl adjacent to an activating group) is 1. The first-order valence-corrected chi connectivity index (χ1v) is 10.0. The van der Waals surface area contributed by atoms with Crippen LogP contribution in [0, 0.1) is 5.82 Å². The highest BCUT2D eigenvalue weighted by Crippen LogP contribution is 2.42. The Bertz CT molecular complexity index is 1340. The van der Waals surface area contributed by atoms with Crippen LogP contribution in [0.3, 0.4) is 0 Å². The average Bonchev–Trinajstić information content (AvgIpc) is 3.33. The molecule has 3 heterocycles. The van der Waals surface area contributed by atoms with Crippen LogP contribution in [0.15, 0.2) is 54.2 Å². The standard InChI is InChI=1S/C22H18F4N6O3/c1-31-19(34)22(30-20(31)27,13-3-4-16(23)15(5-13)12-7-28-11-29-8-12)14-6-17(18(33)35-2)32(9-14)10-21(24,25)26/h3-9,11H,10H2,1-2H3,(H2,27,30)/t22-/m1/s1. The minimum absolute atomic E-state index is 0.0292. The summed E-state index contributed by atoms with van der Waals surface area (Å²) in [5, 5.41) is 0. The summed E-state index contributed by atoms with van der Waals surface area (Å²) < 4.78 is 59.7. The van der Waals surface area contributed by atoms with Crippen molar-refractivity contribution in [1.82, 2.24) is 19.4 Å². The van der Waals surface area contributed by atoms with E-state index in [1.165, 1.54) is 37.9 Å². The summed E-state index contributed by atoms with van der Waals surface area (Å²) in [4.78, 5) is 38.8. The highest BCUT2D eigenvalue weighted by molar-refractivity contribution is 6.09. The maximum Gasteiger partial charge on any atom is 0.406 e. The monoisotopic (exact) mass is 490 g/mol. The number of methoxy groups -OCH3 is 1. The number of carbonyl (C=O) groups excluding carboxylic acids is 2. The summed E-state index contributed by atoms with van der Waals surface area (Å²) in [6, 6.07) is 4.76. The SMILES string of the molecule is COC(=O)c1cc([C@@]2(c3ccc(F)c(-c4cncnc4)c3)N=C(N)N(C)C2=O)cn1CC(F)(F)F. The zero-order valence-electron chi connectivity index (χ0n) is 18.4. The van der Waals surface area contributed by atoms with E-state index in [0.717, 1.165) is 30.3 Å². The average molecular weight is 490 g/mol. The van der Waals surface area contributed by atoms with Crippen molar-refractivity contribution in [2.45, 2.75) is 18.3 Å². The first-order chi connectivity index (χ1) is 16.5. The highest BCUT2D eigenvalue weighted by atomic mass is 19.4. The quantitative estimate of drug-likeness (QED) is 0.434. The number of benzene rings is 1. The van der Waals surface area contributed by atoms with Gasteiger partial charge in [-0.25, -0.2) is 24.1 Å². The summed E-state index contributed by atoms with van der Waals surface area (Å²) in [6.45, 7) is -1.52. The molecule has 0 fully saturated rings. The van der Waals surface area contributed by atoms with Gasteiger partial charge in [0.2, 0.25) is 0 Å². The van der Waals surface area contributed by atoms with Gasteiger partial charge in [-0.15, -0.1) is 0 Å². The van der Waals surface area contributed by atoms with Crippen molar-refractivity contribution in [3.05, 3.63) is 71.8 Å². The van der Waals surface area contributed by atoms with E-state index in [1.807, 2.05) is 0 Å². The lowest BCUT2D eigenvalue weighted by Gasteiger charge is -2.25. The van der Waals surface area contributed by atoms with Crippen LogP contribution >= 0.6 is 0 Å². The van der Waals surface area contributed by atoms with Crippen molar-refractivity contribution in [1.29, 1.82) is 0 Å². The molecule has 0 saturated carbocycles. The molecular formula is C22H18F4N6O3. The van der Waals surface area contributed by atoms with Crippen molar-refractivity contribution in [2.75, 3.05) is 14.2 Å². The van der Waals surface area contributed by atoms with Gasteiger partial charge >= 0.3 is 12.1 Å². The van der Waals surface area contributed by atoms with Crippen molar-refractivity contribution in [3.8, 4) is 11.1 Å². The van der Waals surface area contributed by atoms with E-state index < -0.39 is 41.6 Å². The molecule has 0 spiro atoms. The number of aromatic nitrogens is 3. The fourth-order valence-corrected chi connectivity index (χ4v) is 3.90. The third kappa shape index (κ3) is 4.09. The van der Waals surface area contributed by atoms with Crippen LogP contribution in [0.1, 0.15) is 21.6 Å². The number of hydrogen-bond donors (Lipinski definition) is 1. The van der Waals surface area contributed by atoms with Gasteiger partial charge in [-0.2, -0.15) is 13.2 Å². The minimum atomic E-state index is -4.68. The van der Waals surface area contributed by atoms with Gasteiger partial charge in [0.25, 0.3) is 5.91 Å². The fourth-order valence-electron chi connectivity index (χ4n) is 3.90. The summed E-state index contributed by atoms with van der Waals surface area (Å²) in [5.74, 6) is -2.63. The molecule has 0 bridgehead atoms. The number of hydrogen-bond acceptors (Lipinski definition) is 7. The molecule has 1 amide bonds. The maximum absolute atomic E-state index is 14.7. The van der Waals surface area contributed by atoms with E-state index in [-0.39, 0.29) is 22.6 Å². The Morgan fingerprint density at radius 1 is 1.17 bits per heavy atom. The third-order valence-electron chi connectivity index (χ3n) is 5.55. The number of guanidine groups is 1. The van der Waals surface area contributed by atoms with Gasteiger partial charge in [-0.3, -0.25) is 9.69 Å². The van der Waals surface area contributed by atoms with E-state index in [2.05, 4.69) is 19.7 Å². The van der Waals surface area contributed by atoms with Gasteiger partial charge in [-0.1, -0.05) is 6.07 Å². The zero-order chi connectivity index (χ0) is 25.5. The normalized spacial score (nSPS) is 18.1. The van der Waals surface area contributed by atoms with Crippen LogP contribution in [0.5, 0.6) is 0 Å². The molecule has 13 heteroatoms. The third-order valence-corrected chi connectivity index (χ3v) is 5.55. The number of alkyl halides is 3. The molecule has 35 heavy (non-hydrogen) atoms. The fraction of sp³-hybridized carbons (Fsp3) is 0.227. The number of nitrogens with zero attached hydrogens (tertiary/aromatic N) is 5. The number of rotatable bonds is 5. The molecule has 0 aliphatic carbocycles. The summed E-state index contributed by atoms with van der Waals surface area (Å²) in [7, 11) is 2.35. The van der Waals surface area contributed by atoms with Gasteiger partial charge < -0.3 is 15.0 Å². The minimum Gasteiger partial charge on any atom is -0.464 e. The van der Waals surface area contributed by atoms with Crippen LogP contribution in [0.4, 0.5) is 17.6 Å². The van der Waals surface area contributed by atoms with Crippen LogP contribution in [0.2, 0.25) is 0 Å². The van der Waals surface area contributed by atoms with Gasteiger partial charge in [-0.05, 0) is 23.8 Å². The number of amides is 1. The lowest BCUT2D eigenvalue weighted by atomic mass is 9.83. The topological polar surface area (TPSA) is 116 Å². The van der Waals surface area contributed by atoms with E-state index in [4.69, 9.17) is 5.73 Å². The molecule has 0 unspecified atom stereocenters. The van der Waals surface area contributed by atoms with Crippen LogP contribution < -0.4 is 5.73 Å². The molecular weight excluding hydrogens is 472 g/mol. The molecule has 182 valence electrons. The van der Waals surface area contributed by atoms with E-state index in [0.29, 0.717) is 10.1 Å². The first-order valence-electron chi connectivity index (χ1n) is 10.0. The highest BCUT2D eigenvalue weighted by Gasteiger charge is 2.51. The van der Waals surface area contributed by atoms with Crippen LogP contribution in [0.25, 0.3) is 11.1 Å². The first kappa shape index (κ1) is 23.9. The number of aliphatic imine (C=N–C) groups is 1. The Balaban J connectivity index is 1.98. The van der Waals surface area contributed by atoms with Crippen LogP contribution in [-0.2, 0) is 21.6 Å². The maximum atomic E-state index is 14.7. The lowest BCUT2D eigenvalue weighted by molar-refractivity contribution is -0.140. The molecule has 1 aliphatic heterocycles. The van der Waals surface area contributed by atoms with Crippen molar-refractivity contribution < 1.29 is 31.9 Å². The number of ether oxygens (including phenoxy) is 1. The van der Waals surface area contributed by atoms with Gasteiger partial charge in [0.15, 0.2) is 11.5 Å². The Morgan fingerprint density at radius 2 is 1.86 bits per heavy atom. The Morgan fingerprint density at radius 3 is 2.43 bits per heavy atom. The predicted octanol–water partition coefficient (Wildman–Crippen LogP) is 2.46. The number of esters is 1. The molecule has 4 rings (SSSR count). The molecule has 0 saturated heterocycles. The molecule has 1 atom stereocenters. The van der Waals surface area contributed by atoms with Crippen molar-refractivity contribution in [2.24, 2.45) is 10.7 Å². The van der Waals surface area contributed by atoms with Crippen molar-refractivity contribution in [3.63, 3.8) is 0 Å². The van der Waals surface area contributed by atoms with Crippen LogP contribution in [-0.4, -0.2) is 57.6 Å². The van der Waals surface area contributed by atoms with Gasteiger partial charge in [0.1, 0.15) is 24.4 Å². The zero-order valence-corrected chi connectivity index (χ0v) is 18.4. The van der Waals surface area contributed by atoms with Gasteiger partial charge in [0.05, 0.1) is 7.11 Å². The number of carbonyl (C=O) groups is 2. The second kappa shape index (κ2) is 8.49. The summed E-state index contributed by atoms with van der Waals surface area (Å²) in [6.07, 6.45) is 0.281. The predicted molar refractivity (Wildman–Crippen MR) is 114 cm³/mol. The molecule has 9 nitrogen and oxygen atoms in total. The van der Waals surface area contributed by atoms with E-state index in [9.17, 15) is 27.2 Å². The Hall–Kier alpha value is -4.29. The van der Waals surface area contributed by atoms with E-state index in [1.54, 1.807) is 0 Å². The summed E-state index contributed by atoms with van der Waals surface area (Å²) in [5.41, 5.74) is 3.82. The largest absolute Gasteiger partial charge is 0.464 e. The Labute approximate surface area is 195 Å².